The third-order valence-corrected chi connectivity index (χ3v) is 3.09. The predicted molar refractivity (Wildman–Crippen MR) is 77.0 cm³/mol. The number of hydrogen-bond acceptors (Lipinski definition) is 5. The van der Waals surface area contributed by atoms with Gasteiger partial charge in [0.2, 0.25) is 5.89 Å². The number of nitrogen functional groups attached to an aromatic ring is 1. The molecule has 0 aliphatic rings. The number of para-hydroxylation sites is 1. The minimum atomic E-state index is 0.463. The van der Waals surface area contributed by atoms with Gasteiger partial charge in [0.1, 0.15) is 11.5 Å². The molecule has 0 atom stereocenters. The van der Waals surface area contributed by atoms with Crippen LogP contribution >= 0.6 is 0 Å². The summed E-state index contributed by atoms with van der Waals surface area (Å²) in [6.07, 6.45) is 0. The van der Waals surface area contributed by atoms with Crippen LogP contribution in [0.25, 0.3) is 22.6 Å². The number of methoxy groups -OCH3 is 2. The van der Waals surface area contributed by atoms with Crippen LogP contribution in [0, 0.1) is 0 Å². The summed E-state index contributed by atoms with van der Waals surface area (Å²) in [5.41, 5.74) is 8.63. The van der Waals surface area contributed by atoms with E-state index in [9.17, 15) is 0 Å². The predicted octanol–water partition coefficient (Wildman–Crippen LogP) is 3.09. The topological polar surface area (TPSA) is 70.5 Å². The molecule has 5 nitrogen and oxygen atoms in total. The maximum absolute atomic E-state index is 6.01. The van der Waals surface area contributed by atoms with Crippen LogP contribution in [0.15, 0.2) is 40.8 Å². The summed E-state index contributed by atoms with van der Waals surface area (Å²) in [4.78, 5) is 4.46. The third kappa shape index (κ3) is 1.93. The van der Waals surface area contributed by atoms with Crippen molar-refractivity contribution in [1.82, 2.24) is 4.98 Å². The average molecular weight is 270 g/mol. The van der Waals surface area contributed by atoms with Crippen LogP contribution in [-0.2, 0) is 0 Å². The highest BCUT2D eigenvalue weighted by Gasteiger charge is 2.14. The molecule has 0 aliphatic heterocycles. The zero-order chi connectivity index (χ0) is 14.1. The van der Waals surface area contributed by atoms with E-state index in [0.29, 0.717) is 34.2 Å². The van der Waals surface area contributed by atoms with Crippen molar-refractivity contribution in [2.24, 2.45) is 0 Å². The first-order chi connectivity index (χ1) is 9.72. The minimum absolute atomic E-state index is 0.463. The van der Waals surface area contributed by atoms with Gasteiger partial charge in [-0.3, -0.25) is 0 Å². The van der Waals surface area contributed by atoms with Gasteiger partial charge in [0.25, 0.3) is 0 Å². The molecular formula is C15H14N2O3. The maximum Gasteiger partial charge on any atom is 0.229 e. The highest BCUT2D eigenvalue weighted by atomic mass is 16.5. The van der Waals surface area contributed by atoms with Gasteiger partial charge >= 0.3 is 0 Å². The van der Waals surface area contributed by atoms with Crippen molar-refractivity contribution in [2.75, 3.05) is 20.0 Å². The van der Waals surface area contributed by atoms with Crippen LogP contribution in [-0.4, -0.2) is 19.2 Å². The summed E-state index contributed by atoms with van der Waals surface area (Å²) in [6, 6.07) is 10.9. The van der Waals surface area contributed by atoms with Gasteiger partial charge in [0.05, 0.1) is 19.8 Å². The van der Waals surface area contributed by atoms with Crippen molar-refractivity contribution in [3.8, 4) is 23.0 Å². The molecule has 1 aromatic heterocycles. The number of benzene rings is 2. The van der Waals surface area contributed by atoms with Gasteiger partial charge in [-0.05, 0) is 24.3 Å². The van der Waals surface area contributed by atoms with Crippen LogP contribution < -0.4 is 15.2 Å². The van der Waals surface area contributed by atoms with Crippen molar-refractivity contribution in [3.05, 3.63) is 36.4 Å². The lowest BCUT2D eigenvalue weighted by Crippen LogP contribution is -1.92. The molecule has 0 fully saturated rings. The summed E-state index contributed by atoms with van der Waals surface area (Å²) in [7, 11) is 3.20. The molecule has 0 amide bonds. The van der Waals surface area contributed by atoms with Crippen molar-refractivity contribution in [3.63, 3.8) is 0 Å². The lowest BCUT2D eigenvalue weighted by atomic mass is 10.1. The van der Waals surface area contributed by atoms with E-state index in [1.54, 1.807) is 20.3 Å². The Balaban J connectivity index is 2.15. The van der Waals surface area contributed by atoms with Gasteiger partial charge < -0.3 is 19.6 Å². The number of rotatable bonds is 3. The van der Waals surface area contributed by atoms with E-state index in [-0.39, 0.29) is 0 Å². The molecule has 20 heavy (non-hydrogen) atoms. The van der Waals surface area contributed by atoms with Crippen molar-refractivity contribution in [1.29, 1.82) is 0 Å². The monoisotopic (exact) mass is 270 g/mol. The molecule has 0 saturated carbocycles. The number of nitrogens with zero attached hydrogens (tertiary/aromatic N) is 1. The van der Waals surface area contributed by atoms with Gasteiger partial charge in [-0.2, -0.15) is 0 Å². The Morgan fingerprint density at radius 3 is 2.65 bits per heavy atom. The van der Waals surface area contributed by atoms with Crippen LogP contribution in [0.3, 0.4) is 0 Å². The zero-order valence-corrected chi connectivity index (χ0v) is 11.2. The summed E-state index contributed by atoms with van der Waals surface area (Å²) < 4.78 is 16.1. The SMILES string of the molecule is COc1ccc(-c2nc3c(OC)cccc3o2)c(N)c1. The van der Waals surface area contributed by atoms with E-state index in [1.165, 1.54) is 0 Å². The van der Waals surface area contributed by atoms with E-state index >= 15 is 0 Å². The van der Waals surface area contributed by atoms with E-state index in [4.69, 9.17) is 19.6 Å². The normalized spacial score (nSPS) is 10.7. The smallest absolute Gasteiger partial charge is 0.229 e. The molecule has 0 bridgehead atoms. The van der Waals surface area contributed by atoms with Gasteiger partial charge in [0.15, 0.2) is 11.1 Å². The lowest BCUT2D eigenvalue weighted by molar-refractivity contribution is 0.415. The molecule has 0 spiro atoms. The number of ether oxygens (including phenoxy) is 2. The minimum Gasteiger partial charge on any atom is -0.497 e. The molecule has 0 radical (unpaired) electrons. The van der Waals surface area contributed by atoms with Gasteiger partial charge in [-0.1, -0.05) is 6.07 Å². The highest BCUT2D eigenvalue weighted by molar-refractivity contribution is 5.84. The first-order valence-corrected chi connectivity index (χ1v) is 6.10. The fourth-order valence-electron chi connectivity index (χ4n) is 2.07. The Morgan fingerprint density at radius 2 is 1.95 bits per heavy atom. The number of oxazole rings is 1. The molecule has 0 saturated heterocycles. The van der Waals surface area contributed by atoms with E-state index in [0.717, 1.165) is 5.56 Å². The summed E-state index contributed by atoms with van der Waals surface area (Å²) in [5, 5.41) is 0. The Bertz CT molecular complexity index is 765. The van der Waals surface area contributed by atoms with Crippen molar-refractivity contribution in [2.45, 2.75) is 0 Å². The molecule has 1 heterocycles. The summed E-state index contributed by atoms with van der Waals surface area (Å²) >= 11 is 0. The number of hydrogen-bond donors (Lipinski definition) is 1. The van der Waals surface area contributed by atoms with Crippen molar-refractivity contribution < 1.29 is 13.9 Å². The fraction of sp³-hybridized carbons (Fsp3) is 0.133. The van der Waals surface area contributed by atoms with E-state index in [1.807, 2.05) is 30.3 Å². The third-order valence-electron chi connectivity index (χ3n) is 3.09. The van der Waals surface area contributed by atoms with E-state index < -0.39 is 0 Å². The van der Waals surface area contributed by atoms with Gasteiger partial charge in [0, 0.05) is 11.8 Å². The molecule has 102 valence electrons. The molecule has 0 aliphatic carbocycles. The first-order valence-electron chi connectivity index (χ1n) is 6.10. The molecule has 2 aromatic carbocycles. The van der Waals surface area contributed by atoms with Gasteiger partial charge in [-0.15, -0.1) is 0 Å². The quantitative estimate of drug-likeness (QED) is 0.740. The lowest BCUT2D eigenvalue weighted by Gasteiger charge is -2.04. The number of anilines is 1. The maximum atomic E-state index is 6.01. The molecule has 5 heteroatoms. The molecule has 2 N–H and O–H groups in total. The largest absolute Gasteiger partial charge is 0.497 e. The second-order valence-electron chi connectivity index (χ2n) is 4.28. The standard InChI is InChI=1S/C15H14N2O3/c1-18-9-6-7-10(11(16)8-9)15-17-14-12(19-2)4-3-5-13(14)20-15/h3-8H,16H2,1-2H3. The van der Waals surface area contributed by atoms with Crippen LogP contribution in [0.4, 0.5) is 5.69 Å². The van der Waals surface area contributed by atoms with Crippen LogP contribution in [0.1, 0.15) is 0 Å². The van der Waals surface area contributed by atoms with Crippen molar-refractivity contribution >= 4 is 16.8 Å². The second kappa shape index (κ2) is 4.77. The molecule has 0 unspecified atom stereocenters. The Morgan fingerprint density at radius 1 is 1.10 bits per heavy atom. The number of nitrogens with two attached hydrogens (primary N) is 1. The molecule has 3 aromatic rings. The first kappa shape index (κ1) is 12.3. The summed E-state index contributed by atoms with van der Waals surface area (Å²) in [5.74, 6) is 1.83. The second-order valence-corrected chi connectivity index (χ2v) is 4.28. The Kier molecular flexibility index (Phi) is 2.95. The van der Waals surface area contributed by atoms with Crippen LogP contribution in [0.2, 0.25) is 0 Å². The van der Waals surface area contributed by atoms with Gasteiger partial charge in [-0.25, -0.2) is 4.98 Å². The zero-order valence-electron chi connectivity index (χ0n) is 11.2. The van der Waals surface area contributed by atoms with E-state index in [2.05, 4.69) is 4.98 Å². The Labute approximate surface area is 115 Å². The number of aromatic nitrogens is 1. The highest BCUT2D eigenvalue weighted by Crippen LogP contribution is 2.33. The average Bonchev–Trinajstić information content (AvgIpc) is 2.90. The Hall–Kier alpha value is -2.69. The fourth-order valence-corrected chi connectivity index (χ4v) is 2.07. The molecular weight excluding hydrogens is 256 g/mol. The summed E-state index contributed by atoms with van der Waals surface area (Å²) in [6.45, 7) is 0. The molecule has 3 rings (SSSR count). The number of fused-ring (bicyclic) bond motifs is 1. The van der Waals surface area contributed by atoms with Crippen LogP contribution in [0.5, 0.6) is 11.5 Å².